The summed E-state index contributed by atoms with van der Waals surface area (Å²) in [5.41, 5.74) is -0.184. The zero-order chi connectivity index (χ0) is 11.6. The summed E-state index contributed by atoms with van der Waals surface area (Å²) in [4.78, 5) is 12.2. The first-order valence-corrected chi connectivity index (χ1v) is 6.63. The quantitative estimate of drug-likeness (QED) is 0.766. The van der Waals surface area contributed by atoms with Crippen molar-refractivity contribution < 1.29 is 4.79 Å². The van der Waals surface area contributed by atoms with E-state index < -0.39 is 0 Å². The SMILES string of the molecule is CC(NC(=O)C1(C)CCCNC1)C1CCC1. The van der Waals surface area contributed by atoms with Crippen molar-refractivity contribution in [3.05, 3.63) is 0 Å². The van der Waals surface area contributed by atoms with E-state index in [4.69, 9.17) is 0 Å². The van der Waals surface area contributed by atoms with E-state index in [2.05, 4.69) is 24.5 Å². The minimum absolute atomic E-state index is 0.184. The van der Waals surface area contributed by atoms with Gasteiger partial charge in [-0.05, 0) is 52.0 Å². The van der Waals surface area contributed by atoms with E-state index >= 15 is 0 Å². The zero-order valence-electron chi connectivity index (χ0n) is 10.5. The van der Waals surface area contributed by atoms with Crippen LogP contribution in [0.1, 0.15) is 46.0 Å². The summed E-state index contributed by atoms with van der Waals surface area (Å²) in [5, 5.41) is 6.54. The third-order valence-electron chi connectivity index (χ3n) is 4.36. The molecule has 2 N–H and O–H groups in total. The van der Waals surface area contributed by atoms with Crippen LogP contribution in [0.4, 0.5) is 0 Å². The second-order valence-electron chi connectivity index (χ2n) is 5.79. The molecule has 1 saturated carbocycles. The Labute approximate surface area is 98.4 Å². The van der Waals surface area contributed by atoms with Gasteiger partial charge in [0, 0.05) is 12.6 Å². The Kier molecular flexibility index (Phi) is 3.53. The summed E-state index contributed by atoms with van der Waals surface area (Å²) in [7, 11) is 0. The van der Waals surface area contributed by atoms with Crippen molar-refractivity contribution >= 4 is 5.91 Å². The van der Waals surface area contributed by atoms with Gasteiger partial charge in [-0.25, -0.2) is 0 Å². The van der Waals surface area contributed by atoms with Crippen molar-refractivity contribution in [2.24, 2.45) is 11.3 Å². The molecule has 0 radical (unpaired) electrons. The fourth-order valence-corrected chi connectivity index (χ4v) is 2.69. The maximum atomic E-state index is 12.2. The number of piperidine rings is 1. The molecule has 0 bridgehead atoms. The van der Waals surface area contributed by atoms with Gasteiger partial charge in [0.25, 0.3) is 0 Å². The number of nitrogens with one attached hydrogen (secondary N) is 2. The molecule has 92 valence electrons. The maximum Gasteiger partial charge on any atom is 0.227 e. The fourth-order valence-electron chi connectivity index (χ4n) is 2.69. The molecule has 0 aromatic heterocycles. The van der Waals surface area contributed by atoms with E-state index in [1.807, 2.05) is 0 Å². The van der Waals surface area contributed by atoms with Crippen LogP contribution in [0.3, 0.4) is 0 Å². The first-order chi connectivity index (χ1) is 7.62. The Morgan fingerprint density at radius 2 is 2.19 bits per heavy atom. The lowest BCUT2D eigenvalue weighted by Crippen LogP contribution is -2.52. The normalized spacial score (nSPS) is 32.9. The van der Waals surface area contributed by atoms with Crippen LogP contribution < -0.4 is 10.6 Å². The van der Waals surface area contributed by atoms with E-state index in [-0.39, 0.29) is 11.3 Å². The van der Waals surface area contributed by atoms with Gasteiger partial charge in [-0.1, -0.05) is 6.42 Å². The first-order valence-electron chi connectivity index (χ1n) is 6.63. The van der Waals surface area contributed by atoms with Crippen molar-refractivity contribution in [2.45, 2.75) is 52.0 Å². The van der Waals surface area contributed by atoms with Crippen LogP contribution in [-0.2, 0) is 4.79 Å². The van der Waals surface area contributed by atoms with E-state index in [0.717, 1.165) is 31.8 Å². The lowest BCUT2D eigenvalue weighted by Gasteiger charge is -2.37. The van der Waals surface area contributed by atoms with Crippen molar-refractivity contribution in [3.63, 3.8) is 0 Å². The Morgan fingerprint density at radius 3 is 2.69 bits per heavy atom. The molecule has 2 aliphatic rings. The van der Waals surface area contributed by atoms with Gasteiger partial charge in [-0.15, -0.1) is 0 Å². The average molecular weight is 224 g/mol. The van der Waals surface area contributed by atoms with Crippen LogP contribution in [0, 0.1) is 11.3 Å². The molecule has 2 fully saturated rings. The third kappa shape index (κ3) is 2.40. The molecule has 1 aliphatic carbocycles. The average Bonchev–Trinajstić information content (AvgIpc) is 2.15. The maximum absolute atomic E-state index is 12.2. The molecule has 16 heavy (non-hydrogen) atoms. The van der Waals surface area contributed by atoms with Crippen molar-refractivity contribution in [3.8, 4) is 0 Å². The van der Waals surface area contributed by atoms with E-state index in [1.165, 1.54) is 19.3 Å². The highest BCUT2D eigenvalue weighted by Crippen LogP contribution is 2.31. The second kappa shape index (κ2) is 4.74. The summed E-state index contributed by atoms with van der Waals surface area (Å²) >= 11 is 0. The number of carbonyl (C=O) groups is 1. The molecular formula is C13H24N2O. The molecule has 1 amide bonds. The van der Waals surface area contributed by atoms with Gasteiger partial charge in [-0.3, -0.25) is 4.79 Å². The van der Waals surface area contributed by atoms with Gasteiger partial charge in [-0.2, -0.15) is 0 Å². The Hall–Kier alpha value is -0.570. The van der Waals surface area contributed by atoms with Crippen LogP contribution in [-0.4, -0.2) is 25.0 Å². The molecular weight excluding hydrogens is 200 g/mol. The second-order valence-corrected chi connectivity index (χ2v) is 5.79. The molecule has 0 spiro atoms. The predicted molar refractivity (Wildman–Crippen MR) is 65.2 cm³/mol. The molecule has 2 rings (SSSR count). The molecule has 2 atom stereocenters. The topological polar surface area (TPSA) is 41.1 Å². The van der Waals surface area contributed by atoms with Crippen molar-refractivity contribution in [1.29, 1.82) is 0 Å². The van der Waals surface area contributed by atoms with Gasteiger partial charge in [0.05, 0.1) is 5.41 Å². The van der Waals surface area contributed by atoms with E-state index in [0.29, 0.717) is 6.04 Å². The first kappa shape index (κ1) is 11.9. The van der Waals surface area contributed by atoms with Crippen molar-refractivity contribution in [1.82, 2.24) is 10.6 Å². The molecule has 0 aromatic rings. The lowest BCUT2D eigenvalue weighted by atomic mass is 9.78. The van der Waals surface area contributed by atoms with Crippen LogP contribution in [0.2, 0.25) is 0 Å². The standard InChI is InChI=1S/C13H24N2O/c1-10(11-5-3-6-11)15-12(16)13(2)7-4-8-14-9-13/h10-11,14H,3-9H2,1-2H3,(H,15,16). The predicted octanol–water partition coefficient (Wildman–Crippen LogP) is 1.68. The van der Waals surface area contributed by atoms with Crippen LogP contribution in [0.15, 0.2) is 0 Å². The smallest absolute Gasteiger partial charge is 0.227 e. The highest BCUT2D eigenvalue weighted by molar-refractivity contribution is 5.82. The molecule has 1 saturated heterocycles. The molecule has 2 unspecified atom stereocenters. The van der Waals surface area contributed by atoms with Gasteiger partial charge >= 0.3 is 0 Å². The largest absolute Gasteiger partial charge is 0.353 e. The summed E-state index contributed by atoms with van der Waals surface area (Å²) < 4.78 is 0. The Balaban J connectivity index is 1.85. The molecule has 0 aromatic carbocycles. The summed E-state index contributed by atoms with van der Waals surface area (Å²) in [6.07, 6.45) is 6.04. The van der Waals surface area contributed by atoms with Crippen LogP contribution in [0.25, 0.3) is 0 Å². The Morgan fingerprint density at radius 1 is 1.44 bits per heavy atom. The molecule has 1 heterocycles. The summed E-state index contributed by atoms with van der Waals surface area (Å²) in [6, 6.07) is 0.361. The fraction of sp³-hybridized carbons (Fsp3) is 0.923. The zero-order valence-corrected chi connectivity index (χ0v) is 10.5. The highest BCUT2D eigenvalue weighted by Gasteiger charge is 2.36. The Bertz CT molecular complexity index is 255. The van der Waals surface area contributed by atoms with Crippen LogP contribution in [0.5, 0.6) is 0 Å². The highest BCUT2D eigenvalue weighted by atomic mass is 16.2. The number of hydrogen-bond donors (Lipinski definition) is 2. The number of rotatable bonds is 3. The number of hydrogen-bond acceptors (Lipinski definition) is 2. The van der Waals surface area contributed by atoms with E-state index in [9.17, 15) is 4.79 Å². The van der Waals surface area contributed by atoms with Crippen LogP contribution >= 0.6 is 0 Å². The van der Waals surface area contributed by atoms with Gasteiger partial charge in [0.15, 0.2) is 0 Å². The third-order valence-corrected chi connectivity index (χ3v) is 4.36. The monoisotopic (exact) mass is 224 g/mol. The van der Waals surface area contributed by atoms with Crippen molar-refractivity contribution in [2.75, 3.05) is 13.1 Å². The molecule has 3 heteroatoms. The number of amides is 1. The summed E-state index contributed by atoms with van der Waals surface area (Å²) in [5.74, 6) is 0.975. The van der Waals surface area contributed by atoms with E-state index in [1.54, 1.807) is 0 Å². The minimum Gasteiger partial charge on any atom is -0.353 e. The minimum atomic E-state index is -0.184. The summed E-state index contributed by atoms with van der Waals surface area (Å²) in [6.45, 7) is 6.13. The lowest BCUT2D eigenvalue weighted by molar-refractivity contribution is -0.132. The molecule has 1 aliphatic heterocycles. The van der Waals surface area contributed by atoms with Gasteiger partial charge in [0.1, 0.15) is 0 Å². The molecule has 3 nitrogen and oxygen atoms in total. The van der Waals surface area contributed by atoms with Gasteiger partial charge in [0.2, 0.25) is 5.91 Å². The number of carbonyl (C=O) groups excluding carboxylic acids is 1. The van der Waals surface area contributed by atoms with Gasteiger partial charge < -0.3 is 10.6 Å².